The summed E-state index contributed by atoms with van der Waals surface area (Å²) < 4.78 is 18.5. The summed E-state index contributed by atoms with van der Waals surface area (Å²) in [6, 6.07) is 8.11. The molecule has 0 bridgehead atoms. The molecule has 1 amide bonds. The highest BCUT2D eigenvalue weighted by molar-refractivity contribution is 5.68. The van der Waals surface area contributed by atoms with Crippen molar-refractivity contribution in [2.24, 2.45) is 0 Å². The highest BCUT2D eigenvalue weighted by Gasteiger charge is 2.28. The molecule has 0 unspecified atom stereocenters. The quantitative estimate of drug-likeness (QED) is 0.799. The molecule has 3 rings (SSSR count). The number of carbonyl (C=O) groups excluding carboxylic acids is 1. The van der Waals surface area contributed by atoms with Crippen LogP contribution in [0.4, 0.5) is 9.18 Å². The smallest absolute Gasteiger partial charge is 0.410 e. The van der Waals surface area contributed by atoms with E-state index in [0.717, 1.165) is 29.9 Å². The van der Waals surface area contributed by atoms with Crippen LogP contribution < -0.4 is 0 Å². The number of hydrogen-bond acceptors (Lipinski definition) is 4. The maximum absolute atomic E-state index is 13.1. The fourth-order valence-corrected chi connectivity index (χ4v) is 3.00. The number of halogens is 1. The van der Waals surface area contributed by atoms with E-state index in [2.05, 4.69) is 9.97 Å². The molecule has 0 aliphatic carbocycles. The Bertz CT molecular complexity index is 763. The van der Waals surface area contributed by atoms with Crippen molar-refractivity contribution in [2.45, 2.75) is 45.1 Å². The third-order valence-electron chi connectivity index (χ3n) is 4.33. The van der Waals surface area contributed by atoms with Gasteiger partial charge in [-0.2, -0.15) is 0 Å². The Morgan fingerprint density at radius 3 is 2.42 bits per heavy atom. The molecule has 2 aromatic rings. The van der Waals surface area contributed by atoms with Gasteiger partial charge >= 0.3 is 6.09 Å². The minimum absolute atomic E-state index is 0.203. The lowest BCUT2D eigenvalue weighted by Crippen LogP contribution is -2.41. The first-order valence-electron chi connectivity index (χ1n) is 8.88. The third-order valence-corrected chi connectivity index (χ3v) is 4.33. The summed E-state index contributed by atoms with van der Waals surface area (Å²) in [6.07, 6.45) is 3.07. The first kappa shape index (κ1) is 18.3. The zero-order chi connectivity index (χ0) is 18.7. The highest BCUT2D eigenvalue weighted by Crippen LogP contribution is 2.28. The van der Waals surface area contributed by atoms with Gasteiger partial charge < -0.3 is 9.64 Å². The van der Waals surface area contributed by atoms with Crippen molar-refractivity contribution >= 4 is 6.09 Å². The number of carbonyl (C=O) groups is 1. The van der Waals surface area contributed by atoms with E-state index < -0.39 is 5.60 Å². The summed E-state index contributed by atoms with van der Waals surface area (Å²) in [7, 11) is 0. The Kier molecular flexibility index (Phi) is 5.20. The minimum atomic E-state index is -0.486. The van der Waals surface area contributed by atoms with E-state index >= 15 is 0 Å². The van der Waals surface area contributed by atoms with Gasteiger partial charge in [-0.05, 0) is 63.9 Å². The number of ether oxygens (including phenoxy) is 1. The fourth-order valence-electron chi connectivity index (χ4n) is 3.00. The number of rotatable bonds is 2. The molecule has 26 heavy (non-hydrogen) atoms. The van der Waals surface area contributed by atoms with Crippen LogP contribution in [-0.4, -0.2) is 39.7 Å². The monoisotopic (exact) mass is 357 g/mol. The largest absolute Gasteiger partial charge is 0.444 e. The molecule has 0 N–H and O–H groups in total. The van der Waals surface area contributed by atoms with Gasteiger partial charge in [-0.1, -0.05) is 0 Å². The minimum Gasteiger partial charge on any atom is -0.444 e. The van der Waals surface area contributed by atoms with E-state index in [1.165, 1.54) is 12.1 Å². The predicted octanol–water partition coefficient (Wildman–Crippen LogP) is 4.40. The lowest BCUT2D eigenvalue weighted by Gasteiger charge is -2.33. The standard InChI is InChI=1S/C20H24FN3O2/c1-20(2,3)26-19(25)24-12-9-15(10-13-24)18-22-11-8-17(23-18)14-4-6-16(21)7-5-14/h4-8,11,15H,9-10,12-13H2,1-3H3. The average molecular weight is 357 g/mol. The van der Waals surface area contributed by atoms with E-state index in [9.17, 15) is 9.18 Å². The molecular formula is C20H24FN3O2. The fraction of sp³-hybridized carbons (Fsp3) is 0.450. The molecule has 1 aliphatic rings. The van der Waals surface area contributed by atoms with Crippen molar-refractivity contribution in [3.8, 4) is 11.3 Å². The van der Waals surface area contributed by atoms with Gasteiger partial charge in [0.15, 0.2) is 0 Å². The Morgan fingerprint density at radius 1 is 1.15 bits per heavy atom. The van der Waals surface area contributed by atoms with Crippen LogP contribution in [0.15, 0.2) is 36.5 Å². The van der Waals surface area contributed by atoms with Gasteiger partial charge in [0.25, 0.3) is 0 Å². The zero-order valence-corrected chi connectivity index (χ0v) is 15.4. The normalized spacial score (nSPS) is 15.8. The van der Waals surface area contributed by atoms with Gasteiger partial charge in [-0.15, -0.1) is 0 Å². The number of piperidine rings is 1. The molecule has 1 saturated heterocycles. The Balaban J connectivity index is 1.65. The summed E-state index contributed by atoms with van der Waals surface area (Å²) >= 11 is 0. The molecule has 5 nitrogen and oxygen atoms in total. The first-order valence-corrected chi connectivity index (χ1v) is 8.88. The van der Waals surface area contributed by atoms with Gasteiger partial charge in [0, 0.05) is 30.8 Å². The Labute approximate surface area is 153 Å². The topological polar surface area (TPSA) is 55.3 Å². The Hall–Kier alpha value is -2.50. The summed E-state index contributed by atoms with van der Waals surface area (Å²) in [6.45, 7) is 6.86. The average Bonchev–Trinajstić information content (AvgIpc) is 2.61. The van der Waals surface area contributed by atoms with Crippen LogP contribution in [0, 0.1) is 5.82 Å². The number of benzene rings is 1. The van der Waals surface area contributed by atoms with Crippen molar-refractivity contribution < 1.29 is 13.9 Å². The summed E-state index contributed by atoms with van der Waals surface area (Å²) in [5.74, 6) is 0.710. The van der Waals surface area contributed by atoms with E-state index in [4.69, 9.17) is 4.74 Å². The molecule has 1 aromatic heterocycles. The summed E-state index contributed by atoms with van der Waals surface area (Å²) in [5, 5.41) is 0. The van der Waals surface area contributed by atoms with Crippen LogP contribution in [0.3, 0.4) is 0 Å². The summed E-state index contributed by atoms with van der Waals surface area (Å²) in [4.78, 5) is 23.0. The van der Waals surface area contributed by atoms with E-state index in [1.54, 1.807) is 23.2 Å². The van der Waals surface area contributed by atoms with Crippen LogP contribution in [-0.2, 0) is 4.74 Å². The number of hydrogen-bond donors (Lipinski definition) is 0. The van der Waals surface area contributed by atoms with Crippen LogP contribution in [0.5, 0.6) is 0 Å². The lowest BCUT2D eigenvalue weighted by molar-refractivity contribution is 0.0203. The van der Waals surface area contributed by atoms with Crippen LogP contribution in [0.1, 0.15) is 45.4 Å². The second-order valence-corrected chi connectivity index (χ2v) is 7.55. The highest BCUT2D eigenvalue weighted by atomic mass is 19.1. The molecular weight excluding hydrogens is 333 g/mol. The number of aromatic nitrogens is 2. The van der Waals surface area contributed by atoms with Crippen molar-refractivity contribution in [1.82, 2.24) is 14.9 Å². The molecule has 1 aromatic carbocycles. The van der Waals surface area contributed by atoms with Crippen molar-refractivity contribution in [3.05, 3.63) is 48.2 Å². The van der Waals surface area contributed by atoms with E-state index in [-0.39, 0.29) is 17.8 Å². The van der Waals surface area contributed by atoms with Crippen LogP contribution in [0.2, 0.25) is 0 Å². The predicted molar refractivity (Wildman–Crippen MR) is 97.2 cm³/mol. The SMILES string of the molecule is CC(C)(C)OC(=O)N1CCC(c2nccc(-c3ccc(F)cc3)n2)CC1. The van der Waals surface area contributed by atoms with Crippen LogP contribution in [0.25, 0.3) is 11.3 Å². The number of nitrogens with zero attached hydrogens (tertiary/aromatic N) is 3. The third kappa shape index (κ3) is 4.56. The molecule has 0 radical (unpaired) electrons. The van der Waals surface area contributed by atoms with E-state index in [0.29, 0.717) is 13.1 Å². The van der Waals surface area contributed by atoms with Crippen LogP contribution >= 0.6 is 0 Å². The maximum Gasteiger partial charge on any atom is 0.410 e. The summed E-state index contributed by atoms with van der Waals surface area (Å²) in [5.41, 5.74) is 1.16. The number of amides is 1. The molecule has 1 aliphatic heterocycles. The van der Waals surface area contributed by atoms with Gasteiger partial charge in [0.05, 0.1) is 5.69 Å². The maximum atomic E-state index is 13.1. The Morgan fingerprint density at radius 2 is 1.81 bits per heavy atom. The van der Waals surface area contributed by atoms with Crippen molar-refractivity contribution in [2.75, 3.05) is 13.1 Å². The van der Waals surface area contributed by atoms with E-state index in [1.807, 2.05) is 26.8 Å². The van der Waals surface area contributed by atoms with Gasteiger partial charge in [-0.25, -0.2) is 19.2 Å². The molecule has 6 heteroatoms. The molecule has 1 fully saturated rings. The molecule has 2 heterocycles. The molecule has 0 atom stereocenters. The second-order valence-electron chi connectivity index (χ2n) is 7.55. The van der Waals surface area contributed by atoms with Gasteiger partial charge in [0.1, 0.15) is 17.2 Å². The van der Waals surface area contributed by atoms with Gasteiger partial charge in [0.2, 0.25) is 0 Å². The number of likely N-dealkylation sites (tertiary alicyclic amines) is 1. The molecule has 138 valence electrons. The first-order chi connectivity index (χ1) is 12.3. The molecule has 0 spiro atoms. The van der Waals surface area contributed by atoms with Gasteiger partial charge in [-0.3, -0.25) is 0 Å². The van der Waals surface area contributed by atoms with Crippen molar-refractivity contribution in [1.29, 1.82) is 0 Å². The zero-order valence-electron chi connectivity index (χ0n) is 15.4. The second kappa shape index (κ2) is 7.40. The molecule has 0 saturated carbocycles. The lowest BCUT2D eigenvalue weighted by atomic mass is 9.96. The van der Waals surface area contributed by atoms with Crippen molar-refractivity contribution in [3.63, 3.8) is 0 Å².